The van der Waals surface area contributed by atoms with Gasteiger partial charge < -0.3 is 18.6 Å². The Hall–Kier alpha value is -0.140. The number of hydrogen-bond acceptors (Lipinski definition) is 8. The van der Waals surface area contributed by atoms with Gasteiger partial charge in [0.25, 0.3) is 0 Å². The van der Waals surface area contributed by atoms with Gasteiger partial charge in [0, 0.05) is 22.6 Å². The molecular weight excluding hydrogens is 454 g/mol. The zero-order chi connectivity index (χ0) is 20.6. The van der Waals surface area contributed by atoms with Crippen LogP contribution in [0.5, 0.6) is 11.5 Å². The first-order chi connectivity index (χ1) is 13.2. The van der Waals surface area contributed by atoms with Gasteiger partial charge in [0.2, 0.25) is 0 Å². The maximum absolute atomic E-state index is 10.7. The van der Waals surface area contributed by atoms with Gasteiger partial charge in [-0.2, -0.15) is 0 Å². The van der Waals surface area contributed by atoms with E-state index < -0.39 is 31.7 Å². The molecule has 8 nitrogen and oxygen atoms in total. The van der Waals surface area contributed by atoms with Gasteiger partial charge in [-0.3, -0.25) is 0 Å². The van der Waals surface area contributed by atoms with Crippen LogP contribution >= 0.6 is 0 Å². The molecule has 0 radical (unpaired) electrons. The van der Waals surface area contributed by atoms with Gasteiger partial charge in [0.05, 0.1) is 33.5 Å². The normalized spacial score (nSPS) is 11.1. The molecule has 0 aliphatic rings. The topological polar surface area (TPSA) is 133 Å². The molecule has 2 rings (SSSR count). The minimum atomic E-state index is -4.29. The van der Waals surface area contributed by atoms with Gasteiger partial charge in [-0.15, -0.1) is 0 Å². The molecule has 0 saturated heterocycles. The van der Waals surface area contributed by atoms with Crippen molar-refractivity contribution < 1.29 is 94.5 Å². The minimum absolute atomic E-state index is 0. The summed E-state index contributed by atoms with van der Waals surface area (Å²) in [4.78, 5) is 0. The molecule has 30 heavy (non-hydrogen) atoms. The van der Waals surface area contributed by atoms with E-state index in [-0.39, 0.29) is 85.2 Å². The van der Waals surface area contributed by atoms with Crippen molar-refractivity contribution in [1.29, 1.82) is 0 Å². The third kappa shape index (κ3) is 11.5. The largest absolute Gasteiger partial charge is 1.00 e. The van der Waals surface area contributed by atoms with Crippen LogP contribution in [0.2, 0.25) is 0 Å². The van der Waals surface area contributed by atoms with Gasteiger partial charge in [0.15, 0.2) is 0 Å². The third-order valence-corrected chi connectivity index (χ3v) is 5.23. The monoisotopic (exact) mass is 474 g/mol. The zero-order valence-corrected chi connectivity index (χ0v) is 22.6. The molecule has 154 valence electrons. The molecule has 0 aliphatic carbocycles. The van der Waals surface area contributed by atoms with Crippen LogP contribution in [-0.2, 0) is 20.2 Å². The summed E-state index contributed by atoms with van der Waals surface area (Å²) in [7, 11) is -8.57. The van der Waals surface area contributed by atoms with E-state index in [1.165, 1.54) is 0 Å². The van der Waals surface area contributed by atoms with Crippen molar-refractivity contribution in [2.24, 2.45) is 0 Å². The Morgan fingerprint density at radius 3 is 1.30 bits per heavy atom. The molecule has 0 amide bonds. The third-order valence-electron chi connectivity index (χ3n) is 3.66. The van der Waals surface area contributed by atoms with Gasteiger partial charge in [-0.05, 0) is 25.0 Å². The molecular formula is C18H20Na2O8S2. The number of rotatable bonds is 11. The van der Waals surface area contributed by atoms with Crippen molar-refractivity contribution in [3.05, 3.63) is 48.5 Å². The Morgan fingerprint density at radius 1 is 0.633 bits per heavy atom. The summed E-state index contributed by atoms with van der Waals surface area (Å²) >= 11 is 0. The van der Waals surface area contributed by atoms with Gasteiger partial charge >= 0.3 is 59.1 Å². The van der Waals surface area contributed by atoms with Crippen molar-refractivity contribution in [1.82, 2.24) is 0 Å². The van der Waals surface area contributed by atoms with Crippen LogP contribution in [0.15, 0.2) is 48.5 Å². The molecule has 0 N–H and O–H groups in total. The zero-order valence-electron chi connectivity index (χ0n) is 16.9. The summed E-state index contributed by atoms with van der Waals surface area (Å²) in [6, 6.07) is 14.1. The molecule has 0 fully saturated rings. The summed E-state index contributed by atoms with van der Waals surface area (Å²) in [6.07, 6.45) is 0.143. The molecule has 2 aromatic rings. The fraction of sp³-hybridized carbons (Fsp3) is 0.333. The maximum atomic E-state index is 10.7. The second kappa shape index (κ2) is 14.1. The van der Waals surface area contributed by atoms with Crippen LogP contribution < -0.4 is 68.6 Å². The summed E-state index contributed by atoms with van der Waals surface area (Å²) in [5.41, 5.74) is 1.39. The average Bonchev–Trinajstić information content (AvgIpc) is 2.62. The number of para-hydroxylation sites is 2. The quantitative estimate of drug-likeness (QED) is 0.183. The van der Waals surface area contributed by atoms with E-state index in [2.05, 4.69) is 0 Å². The van der Waals surface area contributed by atoms with E-state index in [9.17, 15) is 25.9 Å². The van der Waals surface area contributed by atoms with Crippen molar-refractivity contribution in [2.45, 2.75) is 12.8 Å². The van der Waals surface area contributed by atoms with Crippen LogP contribution in [0.1, 0.15) is 12.8 Å². The van der Waals surface area contributed by atoms with E-state index in [4.69, 9.17) is 9.47 Å². The smallest absolute Gasteiger partial charge is 0.748 e. The summed E-state index contributed by atoms with van der Waals surface area (Å²) < 4.78 is 75.3. The molecule has 0 bridgehead atoms. The summed E-state index contributed by atoms with van der Waals surface area (Å²) in [5.74, 6) is -0.0254. The fourth-order valence-corrected chi connectivity index (χ4v) is 3.41. The molecule has 0 saturated carbocycles. The minimum Gasteiger partial charge on any atom is -0.748 e. The van der Waals surface area contributed by atoms with Crippen molar-refractivity contribution in [2.75, 3.05) is 24.7 Å². The van der Waals surface area contributed by atoms with E-state index in [1.54, 1.807) is 48.5 Å². The van der Waals surface area contributed by atoms with Gasteiger partial charge in [-0.25, -0.2) is 16.8 Å². The van der Waals surface area contributed by atoms with Crippen LogP contribution in [0.25, 0.3) is 11.1 Å². The number of ether oxygens (including phenoxy) is 2. The second-order valence-corrected chi connectivity index (χ2v) is 8.97. The van der Waals surface area contributed by atoms with E-state index in [0.717, 1.165) is 0 Å². The predicted molar refractivity (Wildman–Crippen MR) is 101 cm³/mol. The van der Waals surface area contributed by atoms with Gasteiger partial charge in [-0.1, -0.05) is 36.4 Å². The van der Waals surface area contributed by atoms with E-state index in [1.807, 2.05) is 0 Å². The predicted octanol–water partition coefficient (Wildman–Crippen LogP) is -4.01. The van der Waals surface area contributed by atoms with E-state index in [0.29, 0.717) is 22.6 Å². The van der Waals surface area contributed by atoms with Crippen molar-refractivity contribution in [3.8, 4) is 22.6 Å². The van der Waals surface area contributed by atoms with Crippen molar-refractivity contribution in [3.63, 3.8) is 0 Å². The Morgan fingerprint density at radius 2 is 0.967 bits per heavy atom. The Kier molecular flexibility index (Phi) is 14.0. The van der Waals surface area contributed by atoms with Crippen LogP contribution in [0, 0.1) is 0 Å². The fourth-order valence-electron chi connectivity index (χ4n) is 2.47. The van der Waals surface area contributed by atoms with Gasteiger partial charge in [0.1, 0.15) is 11.5 Å². The molecule has 2 aromatic carbocycles. The molecule has 0 heterocycles. The van der Waals surface area contributed by atoms with Crippen LogP contribution in [-0.4, -0.2) is 50.7 Å². The average molecular weight is 474 g/mol. The number of benzene rings is 2. The SMILES string of the molecule is O=S(=O)([O-])CCCOc1ccccc1-c1ccccc1OCCCS(=O)(=O)[O-].[Na+].[Na+]. The first kappa shape index (κ1) is 29.9. The van der Waals surface area contributed by atoms with Crippen LogP contribution in [0.4, 0.5) is 0 Å². The van der Waals surface area contributed by atoms with Crippen molar-refractivity contribution >= 4 is 20.2 Å². The molecule has 0 unspecified atom stereocenters. The summed E-state index contributed by atoms with van der Waals surface area (Å²) in [6.45, 7) is 0.117. The first-order valence-electron chi connectivity index (χ1n) is 8.47. The Balaban J connectivity index is 0.00000420. The van der Waals surface area contributed by atoms with E-state index >= 15 is 0 Å². The summed E-state index contributed by atoms with van der Waals surface area (Å²) in [5, 5.41) is 0. The Bertz CT molecular complexity index is 913. The number of hydrogen-bond donors (Lipinski definition) is 0. The van der Waals surface area contributed by atoms with Crippen LogP contribution in [0.3, 0.4) is 0 Å². The molecule has 12 heteroatoms. The molecule has 0 spiro atoms. The second-order valence-electron chi connectivity index (χ2n) is 5.92. The standard InChI is InChI=1S/C18H22O8S2.2Na/c19-27(20,21)13-5-11-25-17-9-3-1-7-15(17)16-8-2-4-10-18(16)26-12-6-14-28(22,23)24;;/h1-4,7-10H,5-6,11-14H2,(H,19,20,21)(H,22,23,24);;/q;2*+1/p-2. The Labute approximate surface area is 221 Å². The molecule has 0 aliphatic heterocycles. The molecule has 0 atom stereocenters. The first-order valence-corrected chi connectivity index (χ1v) is 11.6. The maximum Gasteiger partial charge on any atom is 1.00 e. The molecule has 0 aromatic heterocycles.